The molecule has 1 heterocycles. The number of hydrogen-bond acceptors (Lipinski definition) is 1. The fourth-order valence-corrected chi connectivity index (χ4v) is 2.09. The van der Waals surface area contributed by atoms with Gasteiger partial charge in [0.15, 0.2) is 0 Å². The lowest BCUT2D eigenvalue weighted by Gasteiger charge is -2.43. The van der Waals surface area contributed by atoms with Crippen LogP contribution >= 0.6 is 0 Å². The van der Waals surface area contributed by atoms with E-state index < -0.39 is 0 Å². The van der Waals surface area contributed by atoms with Crippen LogP contribution in [0.2, 0.25) is 0 Å². The third kappa shape index (κ3) is 0.619. The zero-order valence-corrected chi connectivity index (χ0v) is 6.31. The van der Waals surface area contributed by atoms with E-state index in [1.54, 1.807) is 0 Å². The van der Waals surface area contributed by atoms with Gasteiger partial charge < -0.3 is 5.32 Å². The van der Waals surface area contributed by atoms with Crippen LogP contribution in [0.5, 0.6) is 0 Å². The number of amides is 1. The lowest BCUT2D eigenvalue weighted by atomic mass is 9.60. The van der Waals surface area contributed by atoms with Crippen LogP contribution in [-0.2, 0) is 4.79 Å². The highest BCUT2D eigenvalue weighted by Crippen LogP contribution is 2.50. The first-order chi connectivity index (χ1) is 4.73. The zero-order chi connectivity index (χ0) is 7.19. The van der Waals surface area contributed by atoms with Gasteiger partial charge in [-0.15, -0.1) is 0 Å². The molecule has 0 bridgehead atoms. The van der Waals surface area contributed by atoms with Crippen molar-refractivity contribution in [2.75, 3.05) is 6.54 Å². The highest BCUT2D eigenvalue weighted by molar-refractivity contribution is 5.79. The Morgan fingerprint density at radius 1 is 1.70 bits per heavy atom. The number of nitrogens with one attached hydrogen (secondary N) is 1. The average Bonchev–Trinajstić information content (AvgIpc) is 2.31. The molecule has 2 aliphatic rings. The largest absolute Gasteiger partial charge is 0.356 e. The third-order valence-electron chi connectivity index (χ3n) is 3.27. The van der Waals surface area contributed by atoms with Crippen LogP contribution in [0.15, 0.2) is 0 Å². The molecule has 1 N–H and O–H groups in total. The van der Waals surface area contributed by atoms with E-state index in [4.69, 9.17) is 0 Å². The molecular weight excluding hydrogens is 126 g/mol. The van der Waals surface area contributed by atoms with Gasteiger partial charge in [0.25, 0.3) is 0 Å². The molecular formula is C8H13NO. The Balaban J connectivity index is 2.11. The standard InChI is InChI=1S/C8H13NO/c1-6-2-3-8(6)4-7(10)9-5-8/h6H,2-5H2,1H3,(H,9,10). The minimum absolute atomic E-state index is 0.256. The second kappa shape index (κ2) is 1.74. The molecule has 1 saturated carbocycles. The average molecular weight is 139 g/mol. The maximum atomic E-state index is 10.9. The quantitative estimate of drug-likeness (QED) is 0.531. The van der Waals surface area contributed by atoms with Crippen molar-refractivity contribution in [1.29, 1.82) is 0 Å². The van der Waals surface area contributed by atoms with Crippen molar-refractivity contribution in [1.82, 2.24) is 5.32 Å². The smallest absolute Gasteiger partial charge is 0.220 e. The van der Waals surface area contributed by atoms with E-state index in [0.29, 0.717) is 5.41 Å². The molecule has 1 aliphatic heterocycles. The minimum Gasteiger partial charge on any atom is -0.356 e. The first-order valence-electron chi connectivity index (χ1n) is 4.00. The summed E-state index contributed by atoms with van der Waals surface area (Å²) in [5.74, 6) is 1.03. The van der Waals surface area contributed by atoms with Gasteiger partial charge in [0, 0.05) is 13.0 Å². The summed E-state index contributed by atoms with van der Waals surface area (Å²) in [7, 11) is 0. The topological polar surface area (TPSA) is 29.1 Å². The molecule has 0 aromatic carbocycles. The van der Waals surface area contributed by atoms with Gasteiger partial charge in [-0.25, -0.2) is 0 Å². The Hall–Kier alpha value is -0.530. The van der Waals surface area contributed by atoms with Crippen molar-refractivity contribution < 1.29 is 4.79 Å². The van der Waals surface area contributed by atoms with Crippen LogP contribution in [0.3, 0.4) is 0 Å². The van der Waals surface area contributed by atoms with Crippen molar-refractivity contribution in [3.05, 3.63) is 0 Å². The first-order valence-corrected chi connectivity index (χ1v) is 4.00. The molecule has 2 heteroatoms. The highest BCUT2D eigenvalue weighted by Gasteiger charge is 2.48. The van der Waals surface area contributed by atoms with Gasteiger partial charge in [0.2, 0.25) is 5.91 Å². The Labute approximate surface area is 61.0 Å². The predicted octanol–water partition coefficient (Wildman–Crippen LogP) is 0.923. The molecule has 0 aromatic heterocycles. The SMILES string of the molecule is CC1CCC12CNC(=O)C2. The molecule has 1 aliphatic carbocycles. The molecule has 1 saturated heterocycles. The van der Waals surface area contributed by atoms with Crippen molar-refractivity contribution in [3.63, 3.8) is 0 Å². The molecule has 2 unspecified atom stereocenters. The maximum absolute atomic E-state index is 10.9. The van der Waals surface area contributed by atoms with E-state index in [1.165, 1.54) is 12.8 Å². The zero-order valence-electron chi connectivity index (χ0n) is 6.31. The summed E-state index contributed by atoms with van der Waals surface area (Å²) < 4.78 is 0. The molecule has 0 aromatic rings. The Bertz CT molecular complexity index is 178. The Morgan fingerprint density at radius 3 is 2.70 bits per heavy atom. The van der Waals surface area contributed by atoms with Gasteiger partial charge in [-0.1, -0.05) is 6.92 Å². The minimum atomic E-state index is 0.256. The van der Waals surface area contributed by atoms with Gasteiger partial charge in [-0.05, 0) is 24.2 Å². The van der Waals surface area contributed by atoms with E-state index in [0.717, 1.165) is 18.9 Å². The van der Waals surface area contributed by atoms with Crippen molar-refractivity contribution in [2.45, 2.75) is 26.2 Å². The molecule has 1 amide bonds. The Kier molecular flexibility index (Phi) is 1.08. The summed E-state index contributed by atoms with van der Waals surface area (Å²) in [6.07, 6.45) is 3.36. The second-order valence-corrected chi connectivity index (χ2v) is 3.76. The van der Waals surface area contributed by atoms with Gasteiger partial charge >= 0.3 is 0 Å². The van der Waals surface area contributed by atoms with Crippen molar-refractivity contribution >= 4 is 5.91 Å². The molecule has 2 atom stereocenters. The molecule has 2 nitrogen and oxygen atoms in total. The summed E-state index contributed by atoms with van der Waals surface area (Å²) in [4.78, 5) is 10.9. The summed E-state index contributed by atoms with van der Waals surface area (Å²) in [5, 5.41) is 2.90. The van der Waals surface area contributed by atoms with E-state index in [2.05, 4.69) is 12.2 Å². The van der Waals surface area contributed by atoms with Gasteiger partial charge in [0.05, 0.1) is 0 Å². The molecule has 0 radical (unpaired) electrons. The van der Waals surface area contributed by atoms with E-state index in [9.17, 15) is 4.79 Å². The van der Waals surface area contributed by atoms with Crippen LogP contribution in [-0.4, -0.2) is 12.5 Å². The Morgan fingerprint density at radius 2 is 2.50 bits per heavy atom. The fourth-order valence-electron chi connectivity index (χ4n) is 2.09. The lowest BCUT2D eigenvalue weighted by molar-refractivity contribution is -0.120. The van der Waals surface area contributed by atoms with Crippen molar-refractivity contribution in [2.24, 2.45) is 11.3 Å². The van der Waals surface area contributed by atoms with E-state index in [-0.39, 0.29) is 5.91 Å². The molecule has 10 heavy (non-hydrogen) atoms. The van der Waals surface area contributed by atoms with Gasteiger partial charge in [-0.2, -0.15) is 0 Å². The second-order valence-electron chi connectivity index (χ2n) is 3.76. The summed E-state index contributed by atoms with van der Waals surface area (Å²) in [6, 6.07) is 0. The molecule has 2 rings (SSSR count). The lowest BCUT2D eigenvalue weighted by Crippen LogP contribution is -2.39. The number of carbonyl (C=O) groups is 1. The summed E-state index contributed by atoms with van der Waals surface area (Å²) in [6.45, 7) is 3.19. The number of hydrogen-bond donors (Lipinski definition) is 1. The van der Waals surface area contributed by atoms with Crippen LogP contribution in [0.4, 0.5) is 0 Å². The number of carbonyl (C=O) groups excluding carboxylic acids is 1. The van der Waals surface area contributed by atoms with Crippen LogP contribution < -0.4 is 5.32 Å². The fraction of sp³-hybridized carbons (Fsp3) is 0.875. The molecule has 2 fully saturated rings. The maximum Gasteiger partial charge on any atom is 0.220 e. The summed E-state index contributed by atoms with van der Waals surface area (Å²) >= 11 is 0. The molecule has 56 valence electrons. The van der Waals surface area contributed by atoms with Crippen LogP contribution in [0, 0.1) is 11.3 Å². The predicted molar refractivity (Wildman–Crippen MR) is 38.5 cm³/mol. The van der Waals surface area contributed by atoms with Gasteiger partial charge in [0.1, 0.15) is 0 Å². The summed E-state index contributed by atoms with van der Waals surface area (Å²) in [5.41, 5.74) is 0.386. The monoisotopic (exact) mass is 139 g/mol. The first kappa shape index (κ1) is 6.20. The normalized spacial score (nSPS) is 45.3. The highest BCUT2D eigenvalue weighted by atomic mass is 16.1. The third-order valence-corrected chi connectivity index (χ3v) is 3.27. The van der Waals surface area contributed by atoms with Crippen LogP contribution in [0.25, 0.3) is 0 Å². The molecule has 1 spiro atoms. The van der Waals surface area contributed by atoms with Crippen LogP contribution in [0.1, 0.15) is 26.2 Å². The number of rotatable bonds is 0. The van der Waals surface area contributed by atoms with E-state index >= 15 is 0 Å². The van der Waals surface area contributed by atoms with E-state index in [1.807, 2.05) is 0 Å². The van der Waals surface area contributed by atoms with Crippen molar-refractivity contribution in [3.8, 4) is 0 Å². The van der Waals surface area contributed by atoms with Gasteiger partial charge in [-0.3, -0.25) is 4.79 Å².